The molecule has 0 saturated heterocycles. The Morgan fingerprint density at radius 2 is 1.42 bits per heavy atom. The Morgan fingerprint density at radius 1 is 0.935 bits per heavy atom. The van der Waals surface area contributed by atoms with E-state index in [9.17, 15) is 19.5 Å². The molecule has 0 spiro atoms. The zero-order chi connectivity index (χ0) is 23.3. The lowest BCUT2D eigenvalue weighted by Gasteiger charge is -2.14. The van der Waals surface area contributed by atoms with Gasteiger partial charge in [0.25, 0.3) is 5.91 Å². The molecule has 0 heterocycles. The van der Waals surface area contributed by atoms with Crippen molar-refractivity contribution in [3.63, 3.8) is 0 Å². The van der Waals surface area contributed by atoms with Gasteiger partial charge in [-0.2, -0.15) is 11.8 Å². The summed E-state index contributed by atoms with van der Waals surface area (Å²) in [5.74, 6) is 0.0460. The molecule has 0 aliphatic heterocycles. The number of amides is 1. The minimum atomic E-state index is -0.977. The van der Waals surface area contributed by atoms with Crippen molar-refractivity contribution in [2.45, 2.75) is 84.1 Å². The molecule has 2 N–H and O–H groups in total. The smallest absolute Gasteiger partial charge is 0.327 e. The van der Waals surface area contributed by atoms with E-state index in [2.05, 4.69) is 23.8 Å². The van der Waals surface area contributed by atoms with Gasteiger partial charge < -0.3 is 10.4 Å². The van der Waals surface area contributed by atoms with E-state index in [1.165, 1.54) is 64.7 Å². The van der Waals surface area contributed by atoms with Crippen LogP contribution in [0.25, 0.3) is 0 Å². The molecule has 1 atom stereocenters. The first-order chi connectivity index (χ1) is 14.9. The second kappa shape index (κ2) is 20.4. The third-order valence-corrected chi connectivity index (χ3v) is 5.71. The zero-order valence-electron chi connectivity index (χ0n) is 18.9. The maximum atomic E-state index is 12.1. The van der Waals surface area contributed by atoms with Gasteiger partial charge in [-0.05, 0) is 35.9 Å². The van der Waals surface area contributed by atoms with Gasteiger partial charge >= 0.3 is 5.97 Å². The van der Waals surface area contributed by atoms with Crippen LogP contribution < -0.4 is 5.32 Å². The number of unbranched alkanes of at least 4 members (excludes halogenated alkanes) is 9. The normalized spacial score (nSPS) is 11.2. The van der Waals surface area contributed by atoms with Crippen molar-refractivity contribution in [2.75, 3.05) is 11.5 Å². The van der Waals surface area contributed by atoms with Gasteiger partial charge in [0, 0.05) is 18.2 Å². The van der Waals surface area contributed by atoms with E-state index in [-0.39, 0.29) is 11.1 Å². The van der Waals surface area contributed by atoms with Crippen molar-refractivity contribution in [2.24, 2.45) is 0 Å². The Morgan fingerprint density at radius 3 is 1.90 bits per heavy atom. The number of hydrogen-bond acceptors (Lipinski definition) is 4. The Kier molecular flexibility index (Phi) is 19.4. The maximum absolute atomic E-state index is 12.1. The van der Waals surface area contributed by atoms with Crippen LogP contribution >= 0.6 is 23.4 Å². The molecular formula is C24H38ClNO4S. The van der Waals surface area contributed by atoms with Gasteiger partial charge in [-0.15, -0.1) is 0 Å². The number of hydrogen-bond donors (Lipinski definition) is 2. The second-order valence-corrected chi connectivity index (χ2v) is 9.14. The predicted octanol–water partition coefficient (Wildman–Crippen LogP) is 6.30. The summed E-state index contributed by atoms with van der Waals surface area (Å²) < 4.78 is 0. The Labute approximate surface area is 196 Å². The van der Waals surface area contributed by atoms with Crippen molar-refractivity contribution < 1.29 is 19.5 Å². The summed E-state index contributed by atoms with van der Waals surface area (Å²) in [6.07, 6.45) is 13.0. The van der Waals surface area contributed by atoms with E-state index in [1.807, 2.05) is 6.07 Å². The lowest BCUT2D eigenvalue weighted by molar-refractivity contribution is -0.138. The quantitative estimate of drug-likeness (QED) is 0.218. The van der Waals surface area contributed by atoms with Gasteiger partial charge in [-0.1, -0.05) is 82.9 Å². The average Bonchev–Trinajstić information content (AvgIpc) is 2.73. The summed E-state index contributed by atoms with van der Waals surface area (Å²) in [7, 11) is 0. The number of thioether (sulfide) groups is 1. The molecule has 1 rings (SSSR count). The molecule has 31 heavy (non-hydrogen) atoms. The molecule has 0 aliphatic carbocycles. The molecule has 0 fully saturated rings. The lowest BCUT2D eigenvalue weighted by Crippen LogP contribution is -2.42. The molecule has 0 radical (unpaired) electrons. The van der Waals surface area contributed by atoms with Gasteiger partial charge in [-0.3, -0.25) is 9.59 Å². The van der Waals surface area contributed by atoms with E-state index in [0.29, 0.717) is 11.3 Å². The number of benzene rings is 1. The molecule has 1 amide bonds. The van der Waals surface area contributed by atoms with Crippen molar-refractivity contribution in [3.8, 4) is 0 Å². The fraction of sp³-hybridized carbons (Fsp3) is 0.625. The van der Waals surface area contributed by atoms with Crippen LogP contribution in [-0.4, -0.2) is 39.8 Å². The topological polar surface area (TPSA) is 83.5 Å². The minimum absolute atomic E-state index is 0.331. The van der Waals surface area contributed by atoms with Crippen LogP contribution in [-0.2, 0) is 9.59 Å². The molecule has 0 unspecified atom stereocenters. The first-order valence-electron chi connectivity index (χ1n) is 11.2. The van der Waals surface area contributed by atoms with Gasteiger partial charge in [0.15, 0.2) is 0 Å². The minimum Gasteiger partial charge on any atom is -0.480 e. The highest BCUT2D eigenvalue weighted by Gasteiger charge is 2.20. The highest BCUT2D eigenvalue weighted by molar-refractivity contribution is 7.99. The third kappa shape index (κ3) is 18.9. The van der Waals surface area contributed by atoms with Gasteiger partial charge in [-0.25, -0.2) is 4.79 Å². The highest BCUT2D eigenvalue weighted by Crippen LogP contribution is 2.13. The summed E-state index contributed by atoms with van der Waals surface area (Å²) in [5.41, 5.74) is 0.489. The Balaban J connectivity index is 0.00000206. The van der Waals surface area contributed by atoms with Crippen molar-refractivity contribution in [3.05, 3.63) is 35.9 Å². The van der Waals surface area contributed by atoms with Crippen LogP contribution in [0.4, 0.5) is 0 Å². The second-order valence-electron chi connectivity index (χ2n) is 7.46. The molecule has 5 nitrogen and oxygen atoms in total. The number of nitrogens with one attached hydrogen (secondary N) is 1. The largest absolute Gasteiger partial charge is 0.480 e. The molecule has 0 bridgehead atoms. The molecular weight excluding hydrogens is 434 g/mol. The Hall–Kier alpha value is -1.53. The SMILES string of the molecule is CC(=O)Cl.CCCCCCCCCCCCSC[C@H](NC(=O)c1ccccc1)C(=O)O. The molecule has 1 aromatic rings. The summed E-state index contributed by atoms with van der Waals surface area (Å²) >= 11 is 6.24. The molecule has 0 aromatic heterocycles. The fourth-order valence-electron chi connectivity index (χ4n) is 2.90. The van der Waals surface area contributed by atoms with Gasteiger partial charge in [0.2, 0.25) is 5.24 Å². The van der Waals surface area contributed by atoms with Crippen LogP contribution in [0.2, 0.25) is 0 Å². The van der Waals surface area contributed by atoms with E-state index in [0.717, 1.165) is 12.2 Å². The van der Waals surface area contributed by atoms with Crippen LogP contribution in [0.5, 0.6) is 0 Å². The van der Waals surface area contributed by atoms with E-state index < -0.39 is 12.0 Å². The number of carboxylic acids is 1. The van der Waals surface area contributed by atoms with Crippen molar-refractivity contribution in [1.82, 2.24) is 5.32 Å². The van der Waals surface area contributed by atoms with E-state index >= 15 is 0 Å². The van der Waals surface area contributed by atoms with Crippen LogP contribution in [0, 0.1) is 0 Å². The standard InChI is InChI=1S/C22H35NO3S.C2H3ClO/c1-2-3-4-5-6-7-8-9-10-14-17-27-18-20(22(25)26)23-21(24)19-15-12-11-13-16-19;1-2(3)4/h11-13,15-16,20H,2-10,14,17-18H2,1H3,(H,23,24)(H,25,26);1H3/t20-;/m0./s1. The first-order valence-corrected chi connectivity index (χ1v) is 12.7. The summed E-state index contributed by atoms with van der Waals surface area (Å²) in [5, 5.41) is 11.6. The van der Waals surface area contributed by atoms with Crippen LogP contribution in [0.3, 0.4) is 0 Å². The fourth-order valence-corrected chi connectivity index (χ4v) is 3.94. The number of carboxylic acid groups (broad SMARTS) is 1. The van der Waals surface area contributed by atoms with Gasteiger partial charge in [0.05, 0.1) is 0 Å². The zero-order valence-corrected chi connectivity index (χ0v) is 20.5. The molecule has 0 saturated carbocycles. The van der Waals surface area contributed by atoms with Crippen molar-refractivity contribution in [1.29, 1.82) is 0 Å². The molecule has 176 valence electrons. The Bertz CT molecular complexity index is 609. The summed E-state index contributed by atoms with van der Waals surface area (Å²) in [4.78, 5) is 32.7. The molecule has 7 heteroatoms. The summed E-state index contributed by atoms with van der Waals surface area (Å²) in [6.45, 7) is 3.54. The lowest BCUT2D eigenvalue weighted by atomic mass is 10.1. The van der Waals surface area contributed by atoms with E-state index in [1.54, 1.807) is 36.0 Å². The van der Waals surface area contributed by atoms with Crippen LogP contribution in [0.15, 0.2) is 30.3 Å². The molecule has 1 aromatic carbocycles. The predicted molar refractivity (Wildman–Crippen MR) is 131 cm³/mol. The van der Waals surface area contributed by atoms with E-state index in [4.69, 9.17) is 0 Å². The number of halogens is 1. The average molecular weight is 472 g/mol. The van der Waals surface area contributed by atoms with Gasteiger partial charge in [0.1, 0.15) is 6.04 Å². The maximum Gasteiger partial charge on any atom is 0.327 e. The number of rotatable bonds is 16. The number of carbonyl (C=O) groups is 3. The molecule has 0 aliphatic rings. The number of carbonyl (C=O) groups excluding carboxylic acids is 2. The highest BCUT2D eigenvalue weighted by atomic mass is 35.5. The van der Waals surface area contributed by atoms with Crippen molar-refractivity contribution >= 4 is 40.5 Å². The van der Waals surface area contributed by atoms with Crippen LogP contribution in [0.1, 0.15) is 88.4 Å². The first kappa shape index (κ1) is 29.5. The third-order valence-electron chi connectivity index (χ3n) is 4.57. The summed E-state index contributed by atoms with van der Waals surface area (Å²) in [6, 6.07) is 7.89. The number of aliphatic carboxylic acids is 1. The monoisotopic (exact) mass is 471 g/mol.